The van der Waals surface area contributed by atoms with E-state index < -0.39 is 11.7 Å². The first-order valence-electron chi connectivity index (χ1n) is 9.64. The maximum Gasteiger partial charge on any atom is 0.416 e. The van der Waals surface area contributed by atoms with Crippen LogP contribution in [0.1, 0.15) is 30.1 Å². The molecule has 4 rings (SSSR count). The van der Waals surface area contributed by atoms with Gasteiger partial charge in [0.2, 0.25) is 0 Å². The van der Waals surface area contributed by atoms with Gasteiger partial charge < -0.3 is 15.2 Å². The zero-order chi connectivity index (χ0) is 20.4. The molecule has 29 heavy (non-hydrogen) atoms. The van der Waals surface area contributed by atoms with Crippen molar-refractivity contribution in [2.75, 3.05) is 25.0 Å². The van der Waals surface area contributed by atoms with Crippen LogP contribution < -0.4 is 10.2 Å². The Morgan fingerprint density at radius 1 is 1.17 bits per heavy atom. The number of likely N-dealkylation sites (tertiary alicyclic amines) is 1. The van der Waals surface area contributed by atoms with Gasteiger partial charge in [-0.1, -0.05) is 12.1 Å². The van der Waals surface area contributed by atoms with Gasteiger partial charge in [-0.3, -0.25) is 4.79 Å². The van der Waals surface area contributed by atoms with Crippen LogP contribution >= 0.6 is 0 Å². The number of para-hydroxylation sites is 2. The van der Waals surface area contributed by atoms with E-state index in [0.29, 0.717) is 5.69 Å². The quantitative estimate of drug-likeness (QED) is 0.627. The van der Waals surface area contributed by atoms with E-state index in [4.69, 9.17) is 0 Å². The predicted molar refractivity (Wildman–Crippen MR) is 104 cm³/mol. The van der Waals surface area contributed by atoms with Crippen LogP contribution in [0.25, 0.3) is 11.0 Å². The number of imidazole rings is 1. The number of aromatic nitrogens is 2. The Morgan fingerprint density at radius 2 is 1.93 bits per heavy atom. The molecule has 3 aromatic rings. The van der Waals surface area contributed by atoms with Gasteiger partial charge in [-0.05, 0) is 49.2 Å². The number of carbonyl (C=O) groups is 1. The van der Waals surface area contributed by atoms with E-state index in [1.807, 2.05) is 24.3 Å². The second-order valence-corrected chi connectivity index (χ2v) is 7.48. The van der Waals surface area contributed by atoms with Crippen LogP contribution in [0.4, 0.5) is 18.9 Å². The van der Waals surface area contributed by atoms with Crippen molar-refractivity contribution in [2.24, 2.45) is 0 Å². The van der Waals surface area contributed by atoms with E-state index in [0.717, 1.165) is 59.8 Å². The number of anilines is 1. The molecule has 0 aliphatic carbocycles. The van der Waals surface area contributed by atoms with Crippen LogP contribution in [0.15, 0.2) is 48.5 Å². The van der Waals surface area contributed by atoms with Gasteiger partial charge in [0.1, 0.15) is 5.82 Å². The van der Waals surface area contributed by atoms with Gasteiger partial charge in [-0.25, -0.2) is 4.98 Å². The molecule has 152 valence electrons. The molecule has 2 atom stereocenters. The molecular weight excluding hydrogens is 381 g/mol. The summed E-state index contributed by atoms with van der Waals surface area (Å²) in [5.41, 5.74) is 1.59. The van der Waals surface area contributed by atoms with Crippen molar-refractivity contribution in [3.8, 4) is 0 Å². The number of H-pyrrole nitrogens is 1. The number of quaternary nitrogens is 1. The fraction of sp³-hybridized carbons (Fsp3) is 0.333. The maximum atomic E-state index is 12.6. The molecule has 1 saturated heterocycles. The second kappa shape index (κ2) is 7.87. The standard InChI is InChI=1S/C21H21F3N4O/c22-21(23,24)15-7-9-16(10-8-15)25-19(29)13-28-11-3-4-14(12-28)20-26-17-5-1-2-6-18(17)27-20/h1-2,5-10,14H,3-4,11-13H2,(H,25,29)(H,26,27)/p+1/t14-/m1/s1. The first-order chi connectivity index (χ1) is 13.9. The lowest BCUT2D eigenvalue weighted by atomic mass is 9.97. The van der Waals surface area contributed by atoms with Crippen LogP contribution in [0.5, 0.6) is 0 Å². The summed E-state index contributed by atoms with van der Waals surface area (Å²) in [6.07, 6.45) is -2.37. The number of aromatic amines is 1. The van der Waals surface area contributed by atoms with E-state index in [9.17, 15) is 18.0 Å². The summed E-state index contributed by atoms with van der Waals surface area (Å²) in [5, 5.41) is 2.69. The molecule has 2 heterocycles. The van der Waals surface area contributed by atoms with Crippen molar-refractivity contribution >= 4 is 22.6 Å². The third-order valence-electron chi connectivity index (χ3n) is 5.32. The maximum absolute atomic E-state index is 12.6. The topological polar surface area (TPSA) is 62.2 Å². The average molecular weight is 403 g/mol. The number of hydrogen-bond acceptors (Lipinski definition) is 2. The summed E-state index contributed by atoms with van der Waals surface area (Å²) >= 11 is 0. The van der Waals surface area contributed by atoms with Gasteiger partial charge in [0.15, 0.2) is 6.54 Å². The smallest absolute Gasteiger partial charge is 0.342 e. The Kier molecular flexibility index (Phi) is 5.27. The number of nitrogens with zero attached hydrogens (tertiary/aromatic N) is 1. The molecule has 1 unspecified atom stereocenters. The Morgan fingerprint density at radius 3 is 2.66 bits per heavy atom. The van der Waals surface area contributed by atoms with Crippen molar-refractivity contribution < 1.29 is 22.9 Å². The first kappa shape index (κ1) is 19.4. The lowest BCUT2D eigenvalue weighted by molar-refractivity contribution is -0.898. The minimum atomic E-state index is -4.38. The zero-order valence-electron chi connectivity index (χ0n) is 15.7. The number of carbonyl (C=O) groups excluding carboxylic acids is 1. The lowest BCUT2D eigenvalue weighted by Gasteiger charge is -2.28. The van der Waals surface area contributed by atoms with Gasteiger partial charge in [0.05, 0.1) is 35.6 Å². The van der Waals surface area contributed by atoms with Crippen molar-refractivity contribution in [1.29, 1.82) is 0 Å². The predicted octanol–water partition coefficient (Wildman–Crippen LogP) is 2.98. The zero-order valence-corrected chi connectivity index (χ0v) is 15.7. The largest absolute Gasteiger partial charge is 0.416 e. The summed E-state index contributed by atoms with van der Waals surface area (Å²) < 4.78 is 37.9. The molecule has 0 spiro atoms. The fourth-order valence-electron chi connectivity index (χ4n) is 3.89. The van der Waals surface area contributed by atoms with E-state index >= 15 is 0 Å². The number of alkyl halides is 3. The van der Waals surface area contributed by atoms with Crippen LogP contribution in [-0.4, -0.2) is 35.5 Å². The Balaban J connectivity index is 1.35. The summed E-state index contributed by atoms with van der Waals surface area (Å²) in [5.74, 6) is 1.00. The van der Waals surface area contributed by atoms with Crippen LogP contribution in [0.3, 0.4) is 0 Å². The molecule has 1 aliphatic rings. The van der Waals surface area contributed by atoms with Gasteiger partial charge in [-0.15, -0.1) is 0 Å². The monoisotopic (exact) mass is 403 g/mol. The van der Waals surface area contributed by atoms with Crippen molar-refractivity contribution in [1.82, 2.24) is 9.97 Å². The summed E-state index contributed by atoms with van der Waals surface area (Å²) in [6.45, 7) is 1.95. The summed E-state index contributed by atoms with van der Waals surface area (Å²) in [6, 6.07) is 12.4. The molecule has 0 saturated carbocycles. The van der Waals surface area contributed by atoms with Crippen LogP contribution in [-0.2, 0) is 11.0 Å². The number of rotatable bonds is 4. The highest BCUT2D eigenvalue weighted by molar-refractivity contribution is 5.91. The Bertz CT molecular complexity index is 964. The van der Waals surface area contributed by atoms with Crippen LogP contribution in [0, 0.1) is 0 Å². The number of nitrogens with one attached hydrogen (secondary N) is 3. The van der Waals surface area contributed by atoms with E-state index in [1.54, 1.807) is 0 Å². The molecule has 8 heteroatoms. The minimum absolute atomic E-state index is 0.204. The molecular formula is C21H22F3N4O+. The lowest BCUT2D eigenvalue weighted by Crippen LogP contribution is -3.14. The minimum Gasteiger partial charge on any atom is -0.342 e. The molecule has 2 aromatic carbocycles. The summed E-state index contributed by atoms with van der Waals surface area (Å²) in [4.78, 5) is 21.6. The number of halogens is 3. The molecule has 5 nitrogen and oxygen atoms in total. The van der Waals surface area contributed by atoms with Gasteiger partial charge in [-0.2, -0.15) is 13.2 Å². The van der Waals surface area contributed by atoms with Gasteiger partial charge in [0.25, 0.3) is 5.91 Å². The van der Waals surface area contributed by atoms with E-state index in [1.165, 1.54) is 12.1 Å². The third-order valence-corrected chi connectivity index (χ3v) is 5.32. The Hall–Kier alpha value is -2.87. The number of hydrogen-bond donors (Lipinski definition) is 3. The van der Waals surface area contributed by atoms with Crippen molar-refractivity contribution in [3.05, 3.63) is 59.9 Å². The van der Waals surface area contributed by atoms with Crippen molar-refractivity contribution in [3.63, 3.8) is 0 Å². The average Bonchev–Trinajstić information content (AvgIpc) is 3.12. The normalized spacial score (nSPS) is 20.0. The molecule has 1 aromatic heterocycles. The van der Waals surface area contributed by atoms with E-state index in [-0.39, 0.29) is 18.4 Å². The molecule has 1 fully saturated rings. The van der Waals surface area contributed by atoms with E-state index in [2.05, 4.69) is 15.3 Å². The molecule has 1 aliphatic heterocycles. The highest BCUT2D eigenvalue weighted by Crippen LogP contribution is 2.29. The molecule has 0 bridgehead atoms. The Labute approximate surface area is 165 Å². The molecule has 3 N–H and O–H groups in total. The molecule has 0 radical (unpaired) electrons. The first-order valence-corrected chi connectivity index (χ1v) is 9.64. The molecule has 1 amide bonds. The van der Waals surface area contributed by atoms with Gasteiger partial charge in [0, 0.05) is 5.69 Å². The number of fused-ring (bicyclic) bond motifs is 1. The number of amides is 1. The highest BCUT2D eigenvalue weighted by atomic mass is 19.4. The number of piperidine rings is 1. The third kappa shape index (κ3) is 4.59. The van der Waals surface area contributed by atoms with Crippen LogP contribution in [0.2, 0.25) is 0 Å². The summed E-state index contributed by atoms with van der Waals surface area (Å²) in [7, 11) is 0. The number of benzene rings is 2. The van der Waals surface area contributed by atoms with Gasteiger partial charge >= 0.3 is 6.18 Å². The SMILES string of the molecule is O=C(C[NH+]1CCC[C@@H](c2nc3ccccc3[nH]2)C1)Nc1ccc(C(F)(F)F)cc1. The van der Waals surface area contributed by atoms with Crippen molar-refractivity contribution in [2.45, 2.75) is 24.9 Å². The second-order valence-electron chi connectivity index (χ2n) is 7.48. The highest BCUT2D eigenvalue weighted by Gasteiger charge is 2.30. The fourth-order valence-corrected chi connectivity index (χ4v) is 3.89.